The maximum absolute atomic E-state index is 6.23. The first-order chi connectivity index (χ1) is 5.81. The van der Waals surface area contributed by atoms with Gasteiger partial charge in [0.05, 0.1) is 6.10 Å². The summed E-state index contributed by atoms with van der Waals surface area (Å²) in [5.41, 5.74) is 0. The van der Waals surface area contributed by atoms with Crippen molar-refractivity contribution in [2.45, 2.75) is 52.9 Å². The molecule has 0 bridgehead atoms. The molecule has 0 amide bonds. The number of hydrogen-bond donors (Lipinski definition) is 0. The van der Waals surface area contributed by atoms with Gasteiger partial charge in [-0.15, -0.1) is 0 Å². The first-order valence-corrected chi connectivity index (χ1v) is 8.90. The minimum Gasteiger partial charge on any atom is -0.414 e. The summed E-state index contributed by atoms with van der Waals surface area (Å²) in [5.74, 6) is 2.36. The van der Waals surface area contributed by atoms with Gasteiger partial charge in [0.15, 0.2) is 8.32 Å². The molecule has 0 heterocycles. The highest BCUT2D eigenvalue weighted by atomic mass is 28.4. The van der Waals surface area contributed by atoms with Gasteiger partial charge in [0.2, 0.25) is 0 Å². The van der Waals surface area contributed by atoms with Crippen LogP contribution in [0.3, 0.4) is 0 Å². The standard InChI is InChI=1S/C11H24OSi/c1-8-7-9(2)11(10(8)3)12-13(4,5)6/h8-11H,7H2,1-6H3. The van der Waals surface area contributed by atoms with Crippen molar-refractivity contribution in [1.82, 2.24) is 0 Å². The fraction of sp³-hybridized carbons (Fsp3) is 1.00. The predicted molar refractivity (Wildman–Crippen MR) is 60.3 cm³/mol. The highest BCUT2D eigenvalue weighted by Crippen LogP contribution is 2.39. The third-order valence-electron chi connectivity index (χ3n) is 3.21. The number of hydrogen-bond acceptors (Lipinski definition) is 1. The third-order valence-corrected chi connectivity index (χ3v) is 4.19. The second-order valence-electron chi connectivity index (χ2n) is 5.74. The van der Waals surface area contributed by atoms with Crippen molar-refractivity contribution in [3.8, 4) is 0 Å². The van der Waals surface area contributed by atoms with E-state index in [4.69, 9.17) is 4.43 Å². The summed E-state index contributed by atoms with van der Waals surface area (Å²) in [6.45, 7) is 13.9. The minimum absolute atomic E-state index is 0.529. The Kier molecular flexibility index (Phi) is 3.23. The van der Waals surface area contributed by atoms with Crippen LogP contribution in [0.4, 0.5) is 0 Å². The molecule has 0 aromatic heterocycles. The second-order valence-corrected chi connectivity index (χ2v) is 10.2. The van der Waals surface area contributed by atoms with Crippen LogP contribution in [0.1, 0.15) is 27.2 Å². The van der Waals surface area contributed by atoms with Crippen LogP contribution in [0.5, 0.6) is 0 Å². The zero-order chi connectivity index (χ0) is 10.2. The van der Waals surface area contributed by atoms with Crippen molar-refractivity contribution in [1.29, 1.82) is 0 Å². The van der Waals surface area contributed by atoms with Crippen LogP contribution in [-0.2, 0) is 4.43 Å². The van der Waals surface area contributed by atoms with Gasteiger partial charge in [-0.05, 0) is 43.8 Å². The van der Waals surface area contributed by atoms with Crippen LogP contribution in [0.2, 0.25) is 19.6 Å². The fourth-order valence-electron chi connectivity index (χ4n) is 2.41. The van der Waals surface area contributed by atoms with Crippen LogP contribution < -0.4 is 0 Å². The van der Waals surface area contributed by atoms with E-state index in [1.54, 1.807) is 0 Å². The van der Waals surface area contributed by atoms with E-state index < -0.39 is 8.32 Å². The molecular weight excluding hydrogens is 176 g/mol. The molecular formula is C11H24OSi. The van der Waals surface area contributed by atoms with Gasteiger partial charge in [-0.2, -0.15) is 0 Å². The first kappa shape index (κ1) is 11.3. The van der Waals surface area contributed by atoms with E-state index in [2.05, 4.69) is 40.4 Å². The molecule has 0 saturated heterocycles. The van der Waals surface area contributed by atoms with Gasteiger partial charge < -0.3 is 4.43 Å². The van der Waals surface area contributed by atoms with Crippen molar-refractivity contribution < 1.29 is 4.43 Å². The van der Waals surface area contributed by atoms with Crippen LogP contribution in [0, 0.1) is 17.8 Å². The smallest absolute Gasteiger partial charge is 0.184 e. The maximum atomic E-state index is 6.23. The van der Waals surface area contributed by atoms with Gasteiger partial charge in [-0.3, -0.25) is 0 Å². The largest absolute Gasteiger partial charge is 0.414 e. The van der Waals surface area contributed by atoms with Gasteiger partial charge in [-0.25, -0.2) is 0 Å². The van der Waals surface area contributed by atoms with E-state index >= 15 is 0 Å². The summed E-state index contributed by atoms with van der Waals surface area (Å²) < 4.78 is 6.23. The molecule has 1 fully saturated rings. The predicted octanol–water partition coefficient (Wildman–Crippen LogP) is 3.52. The molecule has 4 atom stereocenters. The summed E-state index contributed by atoms with van der Waals surface area (Å²) >= 11 is 0. The van der Waals surface area contributed by atoms with Crippen molar-refractivity contribution >= 4 is 8.32 Å². The Morgan fingerprint density at radius 3 is 1.85 bits per heavy atom. The minimum atomic E-state index is -1.34. The van der Waals surface area contributed by atoms with Crippen LogP contribution in [-0.4, -0.2) is 14.4 Å². The Morgan fingerprint density at radius 2 is 1.54 bits per heavy atom. The van der Waals surface area contributed by atoms with Crippen LogP contribution >= 0.6 is 0 Å². The lowest BCUT2D eigenvalue weighted by Crippen LogP contribution is -2.36. The topological polar surface area (TPSA) is 9.23 Å². The Balaban J connectivity index is 2.59. The molecule has 1 aliphatic carbocycles. The van der Waals surface area contributed by atoms with Crippen molar-refractivity contribution in [3.63, 3.8) is 0 Å². The Hall–Kier alpha value is 0.177. The lowest BCUT2D eigenvalue weighted by Gasteiger charge is -2.29. The van der Waals surface area contributed by atoms with E-state index in [0.717, 1.165) is 17.8 Å². The molecule has 4 unspecified atom stereocenters. The van der Waals surface area contributed by atoms with Gasteiger partial charge in [0, 0.05) is 0 Å². The molecule has 0 spiro atoms. The molecule has 0 radical (unpaired) electrons. The summed E-state index contributed by atoms with van der Waals surface area (Å²) in [5, 5.41) is 0. The highest BCUT2D eigenvalue weighted by Gasteiger charge is 2.38. The molecule has 13 heavy (non-hydrogen) atoms. The molecule has 0 N–H and O–H groups in total. The molecule has 1 saturated carbocycles. The number of rotatable bonds is 2. The van der Waals surface area contributed by atoms with Gasteiger partial charge in [0.25, 0.3) is 0 Å². The molecule has 2 heteroatoms. The van der Waals surface area contributed by atoms with E-state index in [9.17, 15) is 0 Å². The van der Waals surface area contributed by atoms with E-state index in [1.165, 1.54) is 6.42 Å². The quantitative estimate of drug-likeness (QED) is 0.620. The average Bonchev–Trinajstić information content (AvgIpc) is 2.14. The molecule has 1 nitrogen and oxygen atoms in total. The Morgan fingerprint density at radius 1 is 1.00 bits per heavy atom. The molecule has 1 rings (SSSR count). The fourth-order valence-corrected chi connectivity index (χ4v) is 3.67. The summed E-state index contributed by atoms with van der Waals surface area (Å²) in [6.07, 6.45) is 1.87. The normalized spacial score (nSPS) is 41.1. The lowest BCUT2D eigenvalue weighted by molar-refractivity contribution is 0.117. The Labute approximate surface area is 84.0 Å². The zero-order valence-corrected chi connectivity index (χ0v) is 10.9. The van der Waals surface area contributed by atoms with Crippen LogP contribution in [0.25, 0.3) is 0 Å². The second kappa shape index (κ2) is 3.74. The molecule has 0 aliphatic heterocycles. The van der Waals surface area contributed by atoms with Gasteiger partial charge in [0.1, 0.15) is 0 Å². The summed E-state index contributed by atoms with van der Waals surface area (Å²) in [6, 6.07) is 0. The van der Waals surface area contributed by atoms with E-state index in [1.807, 2.05) is 0 Å². The van der Waals surface area contributed by atoms with Crippen molar-refractivity contribution in [3.05, 3.63) is 0 Å². The maximum Gasteiger partial charge on any atom is 0.184 e. The summed E-state index contributed by atoms with van der Waals surface area (Å²) in [4.78, 5) is 0. The van der Waals surface area contributed by atoms with E-state index in [-0.39, 0.29) is 0 Å². The van der Waals surface area contributed by atoms with Crippen LogP contribution in [0.15, 0.2) is 0 Å². The van der Waals surface area contributed by atoms with Crippen molar-refractivity contribution in [2.75, 3.05) is 0 Å². The molecule has 0 aromatic rings. The SMILES string of the molecule is CC1CC(C)C(O[Si](C)(C)C)C1C. The Bertz CT molecular complexity index is 173. The monoisotopic (exact) mass is 200 g/mol. The molecule has 78 valence electrons. The molecule has 0 aromatic carbocycles. The lowest BCUT2D eigenvalue weighted by atomic mass is 9.99. The van der Waals surface area contributed by atoms with Gasteiger partial charge in [-0.1, -0.05) is 20.8 Å². The zero-order valence-electron chi connectivity index (χ0n) is 9.92. The highest BCUT2D eigenvalue weighted by molar-refractivity contribution is 6.69. The summed E-state index contributed by atoms with van der Waals surface area (Å²) in [7, 11) is -1.34. The van der Waals surface area contributed by atoms with Gasteiger partial charge >= 0.3 is 0 Å². The van der Waals surface area contributed by atoms with E-state index in [0.29, 0.717) is 6.10 Å². The third kappa shape index (κ3) is 2.81. The average molecular weight is 200 g/mol. The first-order valence-electron chi connectivity index (χ1n) is 5.49. The van der Waals surface area contributed by atoms with Crippen molar-refractivity contribution in [2.24, 2.45) is 17.8 Å². The molecule has 1 aliphatic rings.